The van der Waals surface area contributed by atoms with Gasteiger partial charge in [0.2, 0.25) is 0 Å². The molecule has 0 saturated heterocycles. The van der Waals surface area contributed by atoms with Crippen LogP contribution >= 0.6 is 28.1 Å². The van der Waals surface area contributed by atoms with E-state index < -0.39 is 0 Å². The SMILES string of the molecule is Cc1cc(C)c(-n2c(-c3cccnc3)n[nH]c2=S)c(Br)c1. The molecule has 6 heteroatoms. The maximum atomic E-state index is 5.41. The van der Waals surface area contributed by atoms with Gasteiger partial charge >= 0.3 is 0 Å². The molecule has 0 fully saturated rings. The third-order valence-corrected chi connectivity index (χ3v) is 4.09. The first kappa shape index (κ1) is 14.2. The highest BCUT2D eigenvalue weighted by Gasteiger charge is 2.15. The lowest BCUT2D eigenvalue weighted by molar-refractivity contribution is 1.01. The number of hydrogen-bond donors (Lipinski definition) is 1. The Bertz CT molecular complexity index is 829. The van der Waals surface area contributed by atoms with Crippen LogP contribution in [0.4, 0.5) is 0 Å². The fraction of sp³-hybridized carbons (Fsp3) is 0.133. The van der Waals surface area contributed by atoms with E-state index in [1.165, 1.54) is 5.56 Å². The second kappa shape index (κ2) is 5.54. The first-order chi connectivity index (χ1) is 10.1. The number of halogens is 1. The van der Waals surface area contributed by atoms with Gasteiger partial charge in [-0.1, -0.05) is 6.07 Å². The maximum Gasteiger partial charge on any atom is 0.200 e. The predicted molar refractivity (Wildman–Crippen MR) is 89.2 cm³/mol. The lowest BCUT2D eigenvalue weighted by Crippen LogP contribution is -2.02. The Hall–Kier alpha value is -1.79. The molecule has 2 heterocycles. The van der Waals surface area contributed by atoms with Gasteiger partial charge in [-0.05, 0) is 71.3 Å². The number of aryl methyl sites for hydroxylation is 2. The van der Waals surface area contributed by atoms with E-state index in [0.29, 0.717) is 4.77 Å². The Morgan fingerprint density at radius 1 is 1.29 bits per heavy atom. The van der Waals surface area contributed by atoms with Crippen LogP contribution < -0.4 is 0 Å². The van der Waals surface area contributed by atoms with Crippen molar-refractivity contribution in [2.24, 2.45) is 0 Å². The van der Waals surface area contributed by atoms with Crippen LogP contribution in [-0.4, -0.2) is 19.7 Å². The molecule has 106 valence electrons. The number of nitrogens with zero attached hydrogens (tertiary/aromatic N) is 3. The van der Waals surface area contributed by atoms with Crippen LogP contribution in [0.2, 0.25) is 0 Å². The lowest BCUT2D eigenvalue weighted by Gasteiger charge is -2.13. The van der Waals surface area contributed by atoms with Crippen molar-refractivity contribution < 1.29 is 0 Å². The smallest absolute Gasteiger partial charge is 0.200 e. The third-order valence-electron chi connectivity index (χ3n) is 3.21. The van der Waals surface area contributed by atoms with Crippen LogP contribution in [0.25, 0.3) is 17.1 Å². The highest BCUT2D eigenvalue weighted by molar-refractivity contribution is 9.10. The molecule has 1 N–H and O–H groups in total. The summed E-state index contributed by atoms with van der Waals surface area (Å²) >= 11 is 9.05. The standard InChI is InChI=1S/C15H13BrN4S/c1-9-6-10(2)13(12(16)7-9)20-14(18-19-15(20)21)11-4-3-5-17-8-11/h3-8H,1-2H3,(H,19,21). The summed E-state index contributed by atoms with van der Waals surface area (Å²) in [5.74, 6) is 0.751. The van der Waals surface area contributed by atoms with Gasteiger partial charge in [0.15, 0.2) is 10.6 Å². The largest absolute Gasteiger partial charge is 0.267 e. The molecule has 1 aromatic carbocycles. The maximum absolute atomic E-state index is 5.41. The van der Waals surface area contributed by atoms with Crippen LogP contribution in [0.15, 0.2) is 41.1 Å². The molecule has 0 atom stereocenters. The molecule has 0 unspecified atom stereocenters. The van der Waals surface area contributed by atoms with Gasteiger partial charge in [0, 0.05) is 22.4 Å². The van der Waals surface area contributed by atoms with E-state index in [1.54, 1.807) is 12.4 Å². The van der Waals surface area contributed by atoms with Crippen LogP contribution in [0.3, 0.4) is 0 Å². The summed E-state index contributed by atoms with van der Waals surface area (Å²) in [4.78, 5) is 4.15. The van der Waals surface area contributed by atoms with E-state index in [0.717, 1.165) is 27.1 Å². The van der Waals surface area contributed by atoms with Crippen LogP contribution in [0.5, 0.6) is 0 Å². The van der Waals surface area contributed by atoms with Gasteiger partial charge in [0.05, 0.1) is 5.69 Å². The molecule has 0 radical (unpaired) electrons. The van der Waals surface area contributed by atoms with Gasteiger partial charge in [-0.25, -0.2) is 0 Å². The van der Waals surface area contributed by atoms with Gasteiger partial charge in [0.25, 0.3) is 0 Å². The summed E-state index contributed by atoms with van der Waals surface area (Å²) in [6.45, 7) is 4.13. The van der Waals surface area contributed by atoms with Gasteiger partial charge in [-0.15, -0.1) is 0 Å². The minimum absolute atomic E-state index is 0.557. The van der Waals surface area contributed by atoms with Crippen molar-refractivity contribution in [2.75, 3.05) is 0 Å². The molecule has 21 heavy (non-hydrogen) atoms. The number of benzene rings is 1. The molecule has 3 rings (SSSR count). The molecular formula is C15H13BrN4S. The Kier molecular flexibility index (Phi) is 3.73. The van der Waals surface area contributed by atoms with E-state index in [1.807, 2.05) is 16.7 Å². The second-order valence-corrected chi connectivity index (χ2v) is 6.08. The zero-order chi connectivity index (χ0) is 15.0. The van der Waals surface area contributed by atoms with Crippen molar-refractivity contribution in [1.82, 2.24) is 19.7 Å². The fourth-order valence-corrected chi connectivity index (χ4v) is 3.46. The molecule has 2 aromatic heterocycles. The first-order valence-electron chi connectivity index (χ1n) is 6.43. The molecule has 0 aliphatic carbocycles. The Morgan fingerprint density at radius 2 is 2.10 bits per heavy atom. The normalized spacial score (nSPS) is 10.8. The zero-order valence-electron chi connectivity index (χ0n) is 11.6. The zero-order valence-corrected chi connectivity index (χ0v) is 14.0. The molecule has 0 saturated carbocycles. The van der Waals surface area contributed by atoms with E-state index >= 15 is 0 Å². The summed E-state index contributed by atoms with van der Waals surface area (Å²) in [5, 5.41) is 7.22. The molecular weight excluding hydrogens is 348 g/mol. The van der Waals surface area contributed by atoms with E-state index in [-0.39, 0.29) is 0 Å². The lowest BCUT2D eigenvalue weighted by atomic mass is 10.1. The number of H-pyrrole nitrogens is 1. The van der Waals surface area contributed by atoms with Crippen molar-refractivity contribution in [3.63, 3.8) is 0 Å². The summed E-state index contributed by atoms with van der Waals surface area (Å²) in [6.07, 6.45) is 3.51. The molecule has 0 aliphatic rings. The Labute approximate surface area is 136 Å². The quantitative estimate of drug-likeness (QED) is 0.690. The Balaban J connectivity index is 2.30. The number of nitrogens with one attached hydrogen (secondary N) is 1. The van der Waals surface area contributed by atoms with Crippen molar-refractivity contribution in [3.05, 3.63) is 57.0 Å². The summed E-state index contributed by atoms with van der Waals surface area (Å²) in [7, 11) is 0. The monoisotopic (exact) mass is 360 g/mol. The molecule has 3 aromatic rings. The number of hydrogen-bond acceptors (Lipinski definition) is 3. The number of pyridine rings is 1. The summed E-state index contributed by atoms with van der Waals surface area (Å²) in [6, 6.07) is 8.05. The summed E-state index contributed by atoms with van der Waals surface area (Å²) < 4.78 is 3.48. The van der Waals surface area contributed by atoms with Crippen LogP contribution in [-0.2, 0) is 0 Å². The van der Waals surface area contributed by atoms with E-state index in [4.69, 9.17) is 12.2 Å². The second-order valence-electron chi connectivity index (χ2n) is 4.84. The fourth-order valence-electron chi connectivity index (χ4n) is 2.38. The van der Waals surface area contributed by atoms with Gasteiger partial charge < -0.3 is 0 Å². The van der Waals surface area contributed by atoms with Gasteiger partial charge in [0.1, 0.15) is 0 Å². The molecule has 0 bridgehead atoms. The van der Waals surface area contributed by atoms with Crippen molar-refractivity contribution in [1.29, 1.82) is 0 Å². The van der Waals surface area contributed by atoms with Gasteiger partial charge in [-0.2, -0.15) is 5.10 Å². The minimum Gasteiger partial charge on any atom is -0.267 e. The van der Waals surface area contributed by atoms with Gasteiger partial charge in [-0.3, -0.25) is 14.6 Å². The molecule has 0 spiro atoms. The number of rotatable bonds is 2. The highest BCUT2D eigenvalue weighted by atomic mass is 79.9. The van der Waals surface area contributed by atoms with Crippen molar-refractivity contribution in [2.45, 2.75) is 13.8 Å². The van der Waals surface area contributed by atoms with Crippen LogP contribution in [0.1, 0.15) is 11.1 Å². The average Bonchev–Trinajstić information content (AvgIpc) is 2.81. The summed E-state index contributed by atoms with van der Waals surface area (Å²) in [5.41, 5.74) is 4.24. The van der Waals surface area contributed by atoms with E-state index in [9.17, 15) is 0 Å². The minimum atomic E-state index is 0.557. The average molecular weight is 361 g/mol. The third kappa shape index (κ3) is 2.56. The Morgan fingerprint density at radius 3 is 2.76 bits per heavy atom. The molecule has 0 aliphatic heterocycles. The topological polar surface area (TPSA) is 46.5 Å². The van der Waals surface area contributed by atoms with E-state index in [2.05, 4.69) is 57.1 Å². The molecule has 0 amide bonds. The predicted octanol–water partition coefficient (Wildman–Crippen LogP) is 4.37. The van der Waals surface area contributed by atoms with Crippen LogP contribution in [0, 0.1) is 18.6 Å². The van der Waals surface area contributed by atoms with Crippen molar-refractivity contribution >= 4 is 28.1 Å². The number of aromatic nitrogens is 4. The first-order valence-corrected chi connectivity index (χ1v) is 7.63. The van der Waals surface area contributed by atoms with Crippen molar-refractivity contribution in [3.8, 4) is 17.1 Å². The molecule has 4 nitrogen and oxygen atoms in total. The highest BCUT2D eigenvalue weighted by Crippen LogP contribution is 2.30. The number of aromatic amines is 1.